The second-order valence-corrected chi connectivity index (χ2v) is 4.95. The number of ether oxygens (including phenoxy) is 1. The highest BCUT2D eigenvalue weighted by Gasteiger charge is 2.26. The molecule has 2 nitrogen and oxygen atoms in total. The molecule has 90 valence electrons. The fourth-order valence-corrected chi connectivity index (χ4v) is 2.55. The van der Waals surface area contributed by atoms with Crippen molar-refractivity contribution in [2.24, 2.45) is 0 Å². The third-order valence-corrected chi connectivity index (χ3v) is 3.81. The van der Waals surface area contributed by atoms with Crippen LogP contribution in [0.15, 0.2) is 41.8 Å². The summed E-state index contributed by atoms with van der Waals surface area (Å²) in [5.74, 6) is 0.832. The van der Waals surface area contributed by atoms with E-state index < -0.39 is 5.60 Å². The van der Waals surface area contributed by atoms with Gasteiger partial charge in [-0.3, -0.25) is 0 Å². The Morgan fingerprint density at radius 3 is 2.47 bits per heavy atom. The molecule has 1 heterocycles. The van der Waals surface area contributed by atoms with E-state index in [1.54, 1.807) is 11.3 Å². The Bertz CT molecular complexity index is 457. The van der Waals surface area contributed by atoms with Crippen molar-refractivity contribution in [1.29, 1.82) is 0 Å². The molecule has 1 unspecified atom stereocenters. The van der Waals surface area contributed by atoms with E-state index in [0.29, 0.717) is 6.61 Å². The normalized spacial score (nSPS) is 14.3. The molecule has 1 aromatic carbocycles. The second-order valence-electron chi connectivity index (χ2n) is 4.01. The number of rotatable bonds is 4. The Kier molecular flexibility index (Phi) is 3.50. The lowest BCUT2D eigenvalue weighted by molar-refractivity contribution is 0.106. The quantitative estimate of drug-likeness (QED) is 0.898. The van der Waals surface area contributed by atoms with E-state index in [1.165, 1.54) is 0 Å². The summed E-state index contributed by atoms with van der Waals surface area (Å²) in [6, 6.07) is 11.5. The van der Waals surface area contributed by atoms with Crippen LogP contribution in [0.25, 0.3) is 0 Å². The first-order valence-electron chi connectivity index (χ1n) is 5.64. The number of hydrogen-bond donors (Lipinski definition) is 1. The van der Waals surface area contributed by atoms with E-state index in [1.807, 2.05) is 55.6 Å². The lowest BCUT2D eigenvalue weighted by Gasteiger charge is -2.22. The van der Waals surface area contributed by atoms with E-state index >= 15 is 0 Å². The van der Waals surface area contributed by atoms with Gasteiger partial charge in [0.1, 0.15) is 11.4 Å². The molecule has 2 aromatic rings. The van der Waals surface area contributed by atoms with Crippen LogP contribution in [0.4, 0.5) is 0 Å². The van der Waals surface area contributed by atoms with Gasteiger partial charge in [0, 0.05) is 4.88 Å². The highest BCUT2D eigenvalue weighted by atomic mass is 32.1. The molecule has 0 amide bonds. The fraction of sp³-hybridized carbons (Fsp3) is 0.286. The summed E-state index contributed by atoms with van der Waals surface area (Å²) in [6.07, 6.45) is 0. The maximum absolute atomic E-state index is 10.5. The van der Waals surface area contributed by atoms with Crippen LogP contribution < -0.4 is 4.74 Å². The smallest absolute Gasteiger partial charge is 0.121 e. The van der Waals surface area contributed by atoms with Crippen LogP contribution >= 0.6 is 11.3 Å². The molecule has 2 rings (SSSR count). The van der Waals surface area contributed by atoms with Crippen molar-refractivity contribution in [3.63, 3.8) is 0 Å². The van der Waals surface area contributed by atoms with Gasteiger partial charge in [0.2, 0.25) is 0 Å². The summed E-state index contributed by atoms with van der Waals surface area (Å²) in [5, 5.41) is 12.5. The van der Waals surface area contributed by atoms with E-state index in [2.05, 4.69) is 0 Å². The Labute approximate surface area is 105 Å². The van der Waals surface area contributed by atoms with E-state index in [4.69, 9.17) is 4.74 Å². The van der Waals surface area contributed by atoms with E-state index in [-0.39, 0.29) is 0 Å². The molecule has 1 atom stereocenters. The summed E-state index contributed by atoms with van der Waals surface area (Å²) in [6.45, 7) is 4.42. The predicted molar refractivity (Wildman–Crippen MR) is 70.6 cm³/mol. The summed E-state index contributed by atoms with van der Waals surface area (Å²) in [4.78, 5) is 0.946. The average Bonchev–Trinajstić information content (AvgIpc) is 2.84. The second kappa shape index (κ2) is 4.90. The molecule has 0 aliphatic rings. The summed E-state index contributed by atoms with van der Waals surface area (Å²) < 4.78 is 5.39. The lowest BCUT2D eigenvalue weighted by Crippen LogP contribution is -2.21. The van der Waals surface area contributed by atoms with Crippen LogP contribution in [0.2, 0.25) is 0 Å². The summed E-state index contributed by atoms with van der Waals surface area (Å²) >= 11 is 1.56. The van der Waals surface area contributed by atoms with Gasteiger partial charge < -0.3 is 9.84 Å². The average molecular weight is 248 g/mol. The van der Waals surface area contributed by atoms with Gasteiger partial charge in [-0.25, -0.2) is 0 Å². The Hall–Kier alpha value is -1.32. The number of hydrogen-bond acceptors (Lipinski definition) is 3. The molecule has 3 heteroatoms. The molecule has 0 saturated heterocycles. The first-order valence-corrected chi connectivity index (χ1v) is 6.52. The first kappa shape index (κ1) is 12.1. The minimum Gasteiger partial charge on any atom is -0.494 e. The molecule has 0 fully saturated rings. The molecule has 1 aromatic heterocycles. The Morgan fingerprint density at radius 2 is 1.94 bits per heavy atom. The maximum atomic E-state index is 10.5. The number of benzene rings is 1. The Balaban J connectivity index is 2.27. The molecular weight excluding hydrogens is 232 g/mol. The van der Waals surface area contributed by atoms with Crippen molar-refractivity contribution in [3.8, 4) is 5.75 Å². The molecule has 0 aliphatic heterocycles. The molecule has 1 N–H and O–H groups in total. The molecule has 0 spiro atoms. The molecule has 0 bridgehead atoms. The minimum atomic E-state index is -0.932. The van der Waals surface area contributed by atoms with Gasteiger partial charge in [0.05, 0.1) is 6.61 Å². The van der Waals surface area contributed by atoms with Gasteiger partial charge in [-0.1, -0.05) is 18.2 Å². The van der Waals surface area contributed by atoms with Crippen molar-refractivity contribution in [2.45, 2.75) is 19.4 Å². The predicted octanol–water partition coefficient (Wildman–Crippen LogP) is 3.40. The van der Waals surface area contributed by atoms with Crippen molar-refractivity contribution < 1.29 is 9.84 Å². The van der Waals surface area contributed by atoms with Crippen LogP contribution in [-0.4, -0.2) is 11.7 Å². The van der Waals surface area contributed by atoms with E-state index in [9.17, 15) is 5.11 Å². The lowest BCUT2D eigenvalue weighted by atomic mass is 9.94. The monoisotopic (exact) mass is 248 g/mol. The zero-order valence-electron chi connectivity index (χ0n) is 10.0. The van der Waals surface area contributed by atoms with Gasteiger partial charge in [-0.05, 0) is 43.0 Å². The van der Waals surface area contributed by atoms with Crippen molar-refractivity contribution in [1.82, 2.24) is 0 Å². The minimum absolute atomic E-state index is 0.653. The van der Waals surface area contributed by atoms with Gasteiger partial charge in [-0.15, -0.1) is 11.3 Å². The van der Waals surface area contributed by atoms with Crippen LogP contribution in [0.5, 0.6) is 5.75 Å². The van der Waals surface area contributed by atoms with Crippen molar-refractivity contribution in [3.05, 3.63) is 52.2 Å². The zero-order valence-corrected chi connectivity index (χ0v) is 10.8. The summed E-state index contributed by atoms with van der Waals surface area (Å²) in [7, 11) is 0. The van der Waals surface area contributed by atoms with E-state index in [0.717, 1.165) is 16.2 Å². The molecule has 0 radical (unpaired) electrons. The molecule has 0 aliphatic carbocycles. The molecular formula is C14H16O2S. The van der Waals surface area contributed by atoms with Gasteiger partial charge in [-0.2, -0.15) is 0 Å². The van der Waals surface area contributed by atoms with Gasteiger partial charge in [0.25, 0.3) is 0 Å². The van der Waals surface area contributed by atoms with Crippen molar-refractivity contribution in [2.75, 3.05) is 6.61 Å². The largest absolute Gasteiger partial charge is 0.494 e. The van der Waals surface area contributed by atoms with Crippen LogP contribution in [-0.2, 0) is 5.60 Å². The maximum Gasteiger partial charge on any atom is 0.121 e. The number of aliphatic hydroxyl groups is 1. The van der Waals surface area contributed by atoms with Crippen LogP contribution in [0, 0.1) is 0 Å². The van der Waals surface area contributed by atoms with Gasteiger partial charge in [0.15, 0.2) is 0 Å². The first-order chi connectivity index (χ1) is 8.14. The third kappa shape index (κ3) is 2.51. The van der Waals surface area contributed by atoms with Crippen LogP contribution in [0.3, 0.4) is 0 Å². The molecule has 17 heavy (non-hydrogen) atoms. The SMILES string of the molecule is CCOc1ccc(C(C)(O)c2cccs2)cc1. The fourth-order valence-electron chi connectivity index (χ4n) is 1.74. The standard InChI is InChI=1S/C14H16O2S/c1-3-16-12-8-6-11(7-9-12)14(2,15)13-5-4-10-17-13/h4-10,15H,3H2,1-2H3. The van der Waals surface area contributed by atoms with Crippen LogP contribution in [0.1, 0.15) is 24.3 Å². The van der Waals surface area contributed by atoms with Crippen molar-refractivity contribution >= 4 is 11.3 Å². The summed E-state index contributed by atoms with van der Waals surface area (Å²) in [5.41, 5.74) is -0.0535. The highest BCUT2D eigenvalue weighted by molar-refractivity contribution is 7.10. The molecule has 0 saturated carbocycles. The topological polar surface area (TPSA) is 29.5 Å². The third-order valence-electron chi connectivity index (χ3n) is 2.73. The zero-order chi connectivity index (χ0) is 12.3. The number of thiophene rings is 1. The van der Waals surface area contributed by atoms with Gasteiger partial charge >= 0.3 is 0 Å². The highest BCUT2D eigenvalue weighted by Crippen LogP contribution is 2.32. The Morgan fingerprint density at radius 1 is 1.24 bits per heavy atom.